The van der Waals surface area contributed by atoms with Gasteiger partial charge in [-0.3, -0.25) is 9.69 Å². The summed E-state index contributed by atoms with van der Waals surface area (Å²) in [7, 11) is 0. The van der Waals surface area contributed by atoms with Gasteiger partial charge in [-0.1, -0.05) is 37.8 Å². The van der Waals surface area contributed by atoms with Crippen LogP contribution in [-0.4, -0.2) is 32.2 Å². The lowest BCUT2D eigenvalue weighted by molar-refractivity contribution is -0.145. The number of hydrogen-bond donors (Lipinski definition) is 1. The van der Waals surface area contributed by atoms with E-state index in [0.717, 1.165) is 11.8 Å². The Morgan fingerprint density at radius 3 is 2.81 bits per heavy atom. The lowest BCUT2D eigenvalue weighted by Gasteiger charge is -2.24. The Kier molecular flexibility index (Phi) is 4.84. The molecule has 112 valence electrons. The van der Waals surface area contributed by atoms with Gasteiger partial charge in [0.1, 0.15) is 16.1 Å². The van der Waals surface area contributed by atoms with Crippen molar-refractivity contribution in [3.63, 3.8) is 0 Å². The van der Waals surface area contributed by atoms with Crippen molar-refractivity contribution in [2.24, 2.45) is 5.92 Å². The summed E-state index contributed by atoms with van der Waals surface area (Å²) in [6.45, 7) is 3.82. The number of amides is 1. The zero-order valence-electron chi connectivity index (χ0n) is 11.6. The summed E-state index contributed by atoms with van der Waals surface area (Å²) in [4.78, 5) is 25.4. The van der Waals surface area contributed by atoms with Gasteiger partial charge in [0.05, 0.1) is 11.2 Å². The van der Waals surface area contributed by atoms with Gasteiger partial charge in [-0.05, 0) is 24.5 Å². The average Bonchev–Trinajstić information content (AvgIpc) is 2.97. The van der Waals surface area contributed by atoms with Gasteiger partial charge in [-0.2, -0.15) is 0 Å². The van der Waals surface area contributed by atoms with Crippen molar-refractivity contribution in [1.82, 2.24) is 4.90 Å². The second-order valence-corrected chi connectivity index (χ2v) is 6.73. The molecule has 0 unspecified atom stereocenters. The van der Waals surface area contributed by atoms with Crippen molar-refractivity contribution < 1.29 is 19.1 Å². The zero-order chi connectivity index (χ0) is 15.6. The van der Waals surface area contributed by atoms with Crippen LogP contribution in [0.5, 0.6) is 0 Å². The Morgan fingerprint density at radius 1 is 1.57 bits per heavy atom. The maximum absolute atomic E-state index is 12.4. The number of hydrogen-bond acceptors (Lipinski definition) is 5. The number of aliphatic carboxylic acids is 1. The van der Waals surface area contributed by atoms with E-state index in [4.69, 9.17) is 16.6 Å². The van der Waals surface area contributed by atoms with Crippen molar-refractivity contribution in [2.75, 3.05) is 0 Å². The van der Waals surface area contributed by atoms with E-state index in [1.807, 2.05) is 13.8 Å². The molecule has 2 heterocycles. The minimum atomic E-state index is -1.04. The Balaban J connectivity index is 2.27. The largest absolute Gasteiger partial charge is 0.480 e. The fourth-order valence-corrected chi connectivity index (χ4v) is 3.35. The van der Waals surface area contributed by atoms with Crippen LogP contribution in [0.1, 0.15) is 26.0 Å². The molecule has 1 atom stereocenters. The first-order valence-corrected chi connectivity index (χ1v) is 7.66. The van der Waals surface area contributed by atoms with Crippen LogP contribution in [0, 0.1) is 5.92 Å². The summed E-state index contributed by atoms with van der Waals surface area (Å²) in [5, 5.41) is 9.36. The van der Waals surface area contributed by atoms with Crippen LogP contribution in [-0.2, 0) is 9.59 Å². The van der Waals surface area contributed by atoms with E-state index in [2.05, 4.69) is 0 Å². The van der Waals surface area contributed by atoms with Crippen LogP contribution >= 0.6 is 24.0 Å². The summed E-state index contributed by atoms with van der Waals surface area (Å²) in [5.74, 6) is -0.746. The Morgan fingerprint density at radius 2 is 2.29 bits per heavy atom. The smallest absolute Gasteiger partial charge is 0.326 e. The number of thioether (sulfide) groups is 1. The van der Waals surface area contributed by atoms with Crippen molar-refractivity contribution in [3.8, 4) is 0 Å². The van der Waals surface area contributed by atoms with Crippen LogP contribution < -0.4 is 0 Å². The molecule has 7 heteroatoms. The molecule has 1 aromatic heterocycles. The lowest BCUT2D eigenvalue weighted by atomic mass is 10.0. The molecule has 1 saturated heterocycles. The van der Waals surface area contributed by atoms with Gasteiger partial charge < -0.3 is 9.52 Å². The predicted octanol–water partition coefficient (Wildman–Crippen LogP) is 2.98. The lowest BCUT2D eigenvalue weighted by Crippen LogP contribution is -2.44. The molecule has 1 amide bonds. The van der Waals surface area contributed by atoms with E-state index in [9.17, 15) is 14.7 Å². The molecule has 2 rings (SSSR count). The molecule has 0 spiro atoms. The Bertz CT molecular complexity index is 592. The van der Waals surface area contributed by atoms with Crippen LogP contribution in [0.25, 0.3) is 6.08 Å². The third-order valence-electron chi connectivity index (χ3n) is 2.93. The van der Waals surface area contributed by atoms with Gasteiger partial charge in [0.2, 0.25) is 0 Å². The number of carbonyl (C=O) groups is 2. The number of carboxylic acid groups (broad SMARTS) is 1. The van der Waals surface area contributed by atoms with Crippen LogP contribution in [0.2, 0.25) is 0 Å². The number of thiocarbonyl (C=S) groups is 1. The Hall–Kier alpha value is -1.60. The molecule has 0 aliphatic carbocycles. The normalized spacial score (nSPS) is 18.8. The van der Waals surface area contributed by atoms with Crippen LogP contribution in [0.3, 0.4) is 0 Å². The fourth-order valence-electron chi connectivity index (χ4n) is 2.01. The highest BCUT2D eigenvalue weighted by Crippen LogP contribution is 2.35. The van der Waals surface area contributed by atoms with Gasteiger partial charge in [0, 0.05) is 6.08 Å². The molecule has 0 aromatic carbocycles. The highest BCUT2D eigenvalue weighted by atomic mass is 32.2. The van der Waals surface area contributed by atoms with Gasteiger partial charge >= 0.3 is 5.97 Å². The highest BCUT2D eigenvalue weighted by molar-refractivity contribution is 8.26. The van der Waals surface area contributed by atoms with Gasteiger partial charge in [-0.25, -0.2) is 4.79 Å². The quantitative estimate of drug-likeness (QED) is 0.663. The monoisotopic (exact) mass is 325 g/mol. The van der Waals surface area contributed by atoms with Crippen molar-refractivity contribution in [3.05, 3.63) is 29.1 Å². The highest BCUT2D eigenvalue weighted by Gasteiger charge is 2.40. The molecular formula is C14H15NO4S2. The molecule has 0 radical (unpaired) electrons. The predicted molar refractivity (Wildman–Crippen MR) is 84.6 cm³/mol. The third-order valence-corrected chi connectivity index (χ3v) is 4.26. The number of furan rings is 1. The second-order valence-electron chi connectivity index (χ2n) is 5.05. The molecule has 1 aromatic rings. The number of carboxylic acids is 1. The first kappa shape index (κ1) is 15.8. The van der Waals surface area contributed by atoms with Crippen molar-refractivity contribution >= 4 is 46.3 Å². The maximum Gasteiger partial charge on any atom is 0.326 e. The van der Waals surface area contributed by atoms with Crippen molar-refractivity contribution in [2.45, 2.75) is 26.3 Å². The Labute approximate surface area is 132 Å². The third kappa shape index (κ3) is 3.54. The molecule has 1 fully saturated rings. The average molecular weight is 325 g/mol. The van der Waals surface area contributed by atoms with Crippen molar-refractivity contribution in [1.29, 1.82) is 0 Å². The minimum Gasteiger partial charge on any atom is -0.480 e. The summed E-state index contributed by atoms with van der Waals surface area (Å²) in [6.07, 6.45) is 3.44. The molecule has 5 nitrogen and oxygen atoms in total. The van der Waals surface area contributed by atoms with Gasteiger partial charge in [0.15, 0.2) is 0 Å². The SMILES string of the molecule is CC(C)C[C@H](C(=O)O)N1C(=O)C(=Cc2ccco2)SC1=S. The van der Waals surface area contributed by atoms with E-state index in [1.54, 1.807) is 18.2 Å². The van der Waals surface area contributed by atoms with E-state index in [1.165, 1.54) is 11.2 Å². The minimum absolute atomic E-state index is 0.143. The van der Waals surface area contributed by atoms with E-state index in [-0.39, 0.29) is 16.1 Å². The van der Waals surface area contributed by atoms with Crippen LogP contribution in [0.15, 0.2) is 27.7 Å². The molecule has 21 heavy (non-hydrogen) atoms. The summed E-state index contributed by atoms with van der Waals surface area (Å²) in [5.41, 5.74) is 0. The molecule has 1 N–H and O–H groups in total. The molecule has 0 bridgehead atoms. The zero-order valence-corrected chi connectivity index (χ0v) is 13.2. The molecule has 1 aliphatic rings. The number of carbonyl (C=O) groups excluding carboxylic acids is 1. The number of rotatable bonds is 5. The molecular weight excluding hydrogens is 310 g/mol. The maximum atomic E-state index is 12.4. The van der Waals surface area contributed by atoms with E-state index in [0.29, 0.717) is 17.1 Å². The first-order valence-electron chi connectivity index (χ1n) is 6.43. The van der Waals surface area contributed by atoms with E-state index < -0.39 is 12.0 Å². The van der Waals surface area contributed by atoms with Crippen LogP contribution in [0.4, 0.5) is 0 Å². The molecule has 1 aliphatic heterocycles. The van der Waals surface area contributed by atoms with Gasteiger partial charge in [0.25, 0.3) is 5.91 Å². The summed E-state index contributed by atoms with van der Waals surface area (Å²) >= 11 is 6.27. The van der Waals surface area contributed by atoms with E-state index >= 15 is 0 Å². The second kappa shape index (κ2) is 6.44. The topological polar surface area (TPSA) is 70.8 Å². The van der Waals surface area contributed by atoms with Gasteiger partial charge in [-0.15, -0.1) is 0 Å². The first-order chi connectivity index (χ1) is 9.90. The molecule has 0 saturated carbocycles. The standard InChI is InChI=1S/C14H15NO4S2/c1-8(2)6-10(13(17)18)15-12(16)11(21-14(15)20)7-9-4-3-5-19-9/h3-5,7-8,10H,6H2,1-2H3,(H,17,18)/t10-/m1/s1. The summed E-state index contributed by atoms with van der Waals surface area (Å²) in [6, 6.07) is 2.50. The fraction of sp³-hybridized carbons (Fsp3) is 0.357. The number of nitrogens with zero attached hydrogens (tertiary/aromatic N) is 1. The summed E-state index contributed by atoms with van der Waals surface area (Å²) < 4.78 is 5.44.